The lowest BCUT2D eigenvalue weighted by Gasteiger charge is -2.25. The standard InChI is InChI=1S/C18H23N3O2.ClH/c1-3-4-15-11-14(5-6-18(15)22-2)17-12-16(23-20-17)13-21-9-7-19-8-10-21;/h3,5-6,11-12,19H,1,4,7-10,13H2,2H3;1H. The number of halogens is 1. The zero-order chi connectivity index (χ0) is 16.1. The van der Waals surface area contributed by atoms with Gasteiger partial charge in [0, 0.05) is 37.8 Å². The summed E-state index contributed by atoms with van der Waals surface area (Å²) < 4.78 is 10.9. The minimum Gasteiger partial charge on any atom is -0.496 e. The molecule has 2 aromatic rings. The van der Waals surface area contributed by atoms with Gasteiger partial charge < -0.3 is 14.6 Å². The monoisotopic (exact) mass is 349 g/mol. The first-order valence-electron chi connectivity index (χ1n) is 7.97. The highest BCUT2D eigenvalue weighted by molar-refractivity contribution is 5.85. The van der Waals surface area contributed by atoms with E-state index in [1.807, 2.05) is 24.3 Å². The van der Waals surface area contributed by atoms with Gasteiger partial charge in [-0.2, -0.15) is 0 Å². The predicted molar refractivity (Wildman–Crippen MR) is 97.8 cm³/mol. The highest BCUT2D eigenvalue weighted by Gasteiger charge is 2.14. The fourth-order valence-electron chi connectivity index (χ4n) is 2.87. The quantitative estimate of drug-likeness (QED) is 0.813. The van der Waals surface area contributed by atoms with Crippen LogP contribution in [0.15, 0.2) is 41.4 Å². The zero-order valence-electron chi connectivity index (χ0n) is 14.0. The van der Waals surface area contributed by atoms with Gasteiger partial charge in [-0.15, -0.1) is 19.0 Å². The molecule has 0 bridgehead atoms. The van der Waals surface area contributed by atoms with Crippen molar-refractivity contribution in [2.45, 2.75) is 13.0 Å². The smallest absolute Gasteiger partial charge is 0.151 e. The molecule has 24 heavy (non-hydrogen) atoms. The molecule has 0 spiro atoms. The van der Waals surface area contributed by atoms with E-state index in [1.165, 1.54) is 0 Å². The lowest BCUT2D eigenvalue weighted by atomic mass is 10.0. The Hall–Kier alpha value is -1.82. The number of methoxy groups -OCH3 is 1. The first-order chi connectivity index (χ1) is 11.3. The Morgan fingerprint density at radius 2 is 2.12 bits per heavy atom. The van der Waals surface area contributed by atoms with Crippen LogP contribution in [-0.4, -0.2) is 43.3 Å². The second-order valence-corrected chi connectivity index (χ2v) is 5.72. The number of ether oxygens (including phenoxy) is 1. The van der Waals surface area contributed by atoms with Crippen molar-refractivity contribution in [1.29, 1.82) is 0 Å². The Labute approximate surface area is 149 Å². The molecule has 6 heteroatoms. The highest BCUT2D eigenvalue weighted by Crippen LogP contribution is 2.27. The maximum absolute atomic E-state index is 5.51. The summed E-state index contributed by atoms with van der Waals surface area (Å²) in [7, 11) is 1.68. The number of hydrogen-bond donors (Lipinski definition) is 1. The molecule has 1 N–H and O–H groups in total. The number of rotatable bonds is 6. The van der Waals surface area contributed by atoms with Crippen molar-refractivity contribution in [3.63, 3.8) is 0 Å². The predicted octanol–water partition coefficient (Wildman–Crippen LogP) is 2.91. The third-order valence-corrected chi connectivity index (χ3v) is 4.09. The van der Waals surface area contributed by atoms with E-state index in [0.717, 1.165) is 67.5 Å². The Kier molecular flexibility index (Phi) is 6.85. The average molecular weight is 350 g/mol. The number of benzene rings is 1. The van der Waals surface area contributed by atoms with Gasteiger partial charge in [0.15, 0.2) is 5.76 Å². The van der Waals surface area contributed by atoms with Crippen LogP contribution in [0.5, 0.6) is 5.75 Å². The maximum Gasteiger partial charge on any atom is 0.151 e. The van der Waals surface area contributed by atoms with E-state index in [9.17, 15) is 0 Å². The second kappa shape index (κ2) is 8.87. The third kappa shape index (κ3) is 4.38. The summed E-state index contributed by atoms with van der Waals surface area (Å²) in [6.07, 6.45) is 2.64. The molecule has 0 radical (unpaired) electrons. The topological polar surface area (TPSA) is 50.5 Å². The van der Waals surface area contributed by atoms with Gasteiger partial charge in [-0.1, -0.05) is 11.2 Å². The number of aromatic nitrogens is 1. The molecule has 0 aliphatic carbocycles. The zero-order valence-corrected chi connectivity index (χ0v) is 14.8. The van der Waals surface area contributed by atoms with E-state index in [2.05, 4.69) is 28.0 Å². The normalized spacial score (nSPS) is 14.9. The van der Waals surface area contributed by atoms with Crippen LogP contribution in [0.4, 0.5) is 0 Å². The molecule has 0 unspecified atom stereocenters. The Balaban J connectivity index is 0.00000208. The molecule has 130 valence electrons. The van der Waals surface area contributed by atoms with Crippen molar-refractivity contribution in [1.82, 2.24) is 15.4 Å². The van der Waals surface area contributed by atoms with E-state index in [4.69, 9.17) is 9.26 Å². The van der Waals surface area contributed by atoms with Gasteiger partial charge in [-0.3, -0.25) is 4.90 Å². The van der Waals surface area contributed by atoms with E-state index < -0.39 is 0 Å². The SMILES string of the molecule is C=CCc1cc(-c2cc(CN3CCNCC3)on2)ccc1OC.Cl. The molecule has 3 rings (SSSR count). The van der Waals surface area contributed by atoms with Crippen molar-refractivity contribution in [3.8, 4) is 17.0 Å². The summed E-state index contributed by atoms with van der Waals surface area (Å²) in [5.74, 6) is 1.78. The fraction of sp³-hybridized carbons (Fsp3) is 0.389. The summed E-state index contributed by atoms with van der Waals surface area (Å²) in [5.41, 5.74) is 3.01. The van der Waals surface area contributed by atoms with Gasteiger partial charge in [0.1, 0.15) is 11.4 Å². The van der Waals surface area contributed by atoms with Crippen molar-refractivity contribution in [2.24, 2.45) is 0 Å². The lowest BCUT2D eigenvalue weighted by molar-refractivity contribution is 0.207. The van der Waals surface area contributed by atoms with Gasteiger partial charge in [-0.25, -0.2) is 0 Å². The van der Waals surface area contributed by atoms with Crippen LogP contribution in [0.3, 0.4) is 0 Å². The minimum atomic E-state index is 0. The maximum atomic E-state index is 5.51. The molecule has 1 aliphatic heterocycles. The van der Waals surface area contributed by atoms with E-state index in [0.29, 0.717) is 0 Å². The van der Waals surface area contributed by atoms with E-state index in [-0.39, 0.29) is 12.4 Å². The average Bonchev–Trinajstić information content (AvgIpc) is 3.04. The van der Waals surface area contributed by atoms with Crippen LogP contribution in [0.2, 0.25) is 0 Å². The molecule has 0 atom stereocenters. The molecular weight excluding hydrogens is 326 g/mol. The third-order valence-electron chi connectivity index (χ3n) is 4.09. The van der Waals surface area contributed by atoms with Crippen molar-refractivity contribution in [3.05, 3.63) is 48.2 Å². The van der Waals surface area contributed by atoms with Crippen molar-refractivity contribution < 1.29 is 9.26 Å². The Bertz CT molecular complexity index is 666. The van der Waals surface area contributed by atoms with Crippen molar-refractivity contribution >= 4 is 12.4 Å². The number of allylic oxidation sites excluding steroid dienone is 1. The van der Waals surface area contributed by atoms with Crippen LogP contribution in [0.1, 0.15) is 11.3 Å². The number of piperazine rings is 1. The molecule has 1 aromatic carbocycles. The summed E-state index contributed by atoms with van der Waals surface area (Å²) in [6.45, 7) is 8.76. The first-order valence-corrected chi connectivity index (χ1v) is 7.97. The molecule has 0 saturated carbocycles. The van der Waals surface area contributed by atoms with Gasteiger partial charge in [0.2, 0.25) is 0 Å². The number of nitrogens with zero attached hydrogens (tertiary/aromatic N) is 2. The fourth-order valence-corrected chi connectivity index (χ4v) is 2.87. The summed E-state index contributed by atoms with van der Waals surface area (Å²) in [4.78, 5) is 2.37. The summed E-state index contributed by atoms with van der Waals surface area (Å²) in [6, 6.07) is 8.10. The first kappa shape index (κ1) is 18.5. The van der Waals surface area contributed by atoms with Crippen molar-refractivity contribution in [2.75, 3.05) is 33.3 Å². The molecule has 0 amide bonds. The Morgan fingerprint density at radius 3 is 2.83 bits per heavy atom. The van der Waals surface area contributed by atoms with Crippen LogP contribution in [-0.2, 0) is 13.0 Å². The van der Waals surface area contributed by atoms with Gasteiger partial charge in [0.05, 0.1) is 13.7 Å². The second-order valence-electron chi connectivity index (χ2n) is 5.72. The summed E-state index contributed by atoms with van der Waals surface area (Å²) in [5, 5.41) is 7.58. The minimum absolute atomic E-state index is 0. The van der Waals surface area contributed by atoms with Crippen LogP contribution >= 0.6 is 12.4 Å². The molecule has 1 fully saturated rings. The molecule has 1 aromatic heterocycles. The van der Waals surface area contributed by atoms with E-state index in [1.54, 1.807) is 7.11 Å². The number of hydrogen-bond acceptors (Lipinski definition) is 5. The summed E-state index contributed by atoms with van der Waals surface area (Å²) >= 11 is 0. The van der Waals surface area contributed by atoms with Crippen LogP contribution < -0.4 is 10.1 Å². The largest absolute Gasteiger partial charge is 0.496 e. The van der Waals surface area contributed by atoms with Gasteiger partial charge >= 0.3 is 0 Å². The highest BCUT2D eigenvalue weighted by atomic mass is 35.5. The Morgan fingerprint density at radius 1 is 1.33 bits per heavy atom. The van der Waals surface area contributed by atoms with E-state index >= 15 is 0 Å². The van der Waals surface area contributed by atoms with Crippen LogP contribution in [0, 0.1) is 0 Å². The molecule has 5 nitrogen and oxygen atoms in total. The molecule has 1 saturated heterocycles. The lowest BCUT2D eigenvalue weighted by Crippen LogP contribution is -2.42. The van der Waals surface area contributed by atoms with Gasteiger partial charge in [0.25, 0.3) is 0 Å². The number of nitrogens with one attached hydrogen (secondary N) is 1. The molecule has 1 aliphatic rings. The van der Waals surface area contributed by atoms with Crippen LogP contribution in [0.25, 0.3) is 11.3 Å². The molecule has 2 heterocycles. The van der Waals surface area contributed by atoms with Gasteiger partial charge in [-0.05, 0) is 30.2 Å². The molecular formula is C18H24ClN3O2.